The molecule has 4 nitrogen and oxygen atoms in total. The Morgan fingerprint density at radius 1 is 1.28 bits per heavy atom. The van der Waals surface area contributed by atoms with E-state index in [1.807, 2.05) is 25.1 Å². The highest BCUT2D eigenvalue weighted by molar-refractivity contribution is 5.90. The number of aromatic hydroxyl groups is 1. The summed E-state index contributed by atoms with van der Waals surface area (Å²) in [5, 5.41) is 13.0. The first kappa shape index (κ1) is 20.8. The van der Waals surface area contributed by atoms with E-state index in [9.17, 15) is 9.90 Å². The number of phenols is 1. The van der Waals surface area contributed by atoms with E-state index < -0.39 is 0 Å². The van der Waals surface area contributed by atoms with Gasteiger partial charge in [0.15, 0.2) is 6.20 Å². The SMILES string of the molecule is Cc1cc(NC(=O)CC[C@H]2C=CC(C(C)(C)C)=CC2)c[nH+]c1-c1ccccc1O. The molecule has 1 aliphatic carbocycles. The zero-order chi connectivity index (χ0) is 21.0. The van der Waals surface area contributed by atoms with Crippen molar-refractivity contribution in [2.24, 2.45) is 11.3 Å². The number of amides is 1. The lowest BCUT2D eigenvalue weighted by Crippen LogP contribution is -2.17. The van der Waals surface area contributed by atoms with Crippen LogP contribution in [0.15, 0.2) is 60.3 Å². The summed E-state index contributed by atoms with van der Waals surface area (Å²) in [6, 6.07) is 9.14. The monoisotopic (exact) mass is 391 g/mol. The zero-order valence-electron chi connectivity index (χ0n) is 17.8. The smallest absolute Gasteiger partial charge is 0.224 e. The first-order chi connectivity index (χ1) is 13.7. The summed E-state index contributed by atoms with van der Waals surface area (Å²) in [7, 11) is 0. The fourth-order valence-electron chi connectivity index (χ4n) is 3.63. The van der Waals surface area contributed by atoms with Gasteiger partial charge in [-0.15, -0.1) is 0 Å². The van der Waals surface area contributed by atoms with Crippen molar-refractivity contribution in [3.63, 3.8) is 0 Å². The first-order valence-electron chi connectivity index (χ1n) is 10.2. The molecular formula is C25H31N2O2+. The maximum Gasteiger partial charge on any atom is 0.224 e. The van der Waals surface area contributed by atoms with Crippen LogP contribution in [0.2, 0.25) is 0 Å². The van der Waals surface area contributed by atoms with Crippen LogP contribution in [0.3, 0.4) is 0 Å². The van der Waals surface area contributed by atoms with Gasteiger partial charge in [0, 0.05) is 12.0 Å². The summed E-state index contributed by atoms with van der Waals surface area (Å²) in [6.07, 6.45) is 10.9. The van der Waals surface area contributed by atoms with Crippen molar-refractivity contribution >= 4 is 11.6 Å². The lowest BCUT2D eigenvalue weighted by atomic mass is 9.81. The molecule has 0 saturated heterocycles. The second-order valence-electron chi connectivity index (χ2n) is 8.81. The number of allylic oxidation sites excluding steroid dienone is 4. The number of carbonyl (C=O) groups excluding carboxylic acids is 1. The third kappa shape index (κ3) is 5.35. The van der Waals surface area contributed by atoms with Crippen LogP contribution >= 0.6 is 0 Å². The number of pyridine rings is 1. The summed E-state index contributed by atoms with van der Waals surface area (Å²) >= 11 is 0. The van der Waals surface area contributed by atoms with Gasteiger partial charge in [-0.2, -0.15) is 0 Å². The normalized spacial score (nSPS) is 16.4. The van der Waals surface area contributed by atoms with Crippen molar-refractivity contribution in [3.8, 4) is 17.0 Å². The summed E-state index contributed by atoms with van der Waals surface area (Å²) in [6.45, 7) is 8.63. The van der Waals surface area contributed by atoms with Gasteiger partial charge >= 0.3 is 0 Å². The topological polar surface area (TPSA) is 63.5 Å². The van der Waals surface area contributed by atoms with E-state index in [1.54, 1.807) is 18.3 Å². The standard InChI is InChI=1S/C25H30N2O2/c1-17-15-20(16-26-24(17)21-7-5-6-8-22(21)28)27-23(29)14-11-18-9-12-19(13-10-18)25(2,3)4/h5-9,12-13,15-16,18,28H,10-11,14H2,1-4H3,(H,27,29)/p+1/t18-/m0/s1. The molecule has 1 heterocycles. The van der Waals surface area contributed by atoms with Crippen molar-refractivity contribution in [1.82, 2.24) is 0 Å². The van der Waals surface area contributed by atoms with Crippen LogP contribution in [0.25, 0.3) is 11.3 Å². The highest BCUT2D eigenvalue weighted by atomic mass is 16.3. The number of aromatic nitrogens is 1. The molecule has 2 aromatic rings. The summed E-state index contributed by atoms with van der Waals surface area (Å²) < 4.78 is 0. The fraction of sp³-hybridized carbons (Fsp3) is 0.360. The minimum atomic E-state index is 0.0205. The summed E-state index contributed by atoms with van der Waals surface area (Å²) in [5.74, 6) is 0.670. The Morgan fingerprint density at radius 3 is 2.66 bits per heavy atom. The number of rotatable bonds is 5. The van der Waals surface area contributed by atoms with E-state index in [2.05, 4.69) is 49.3 Å². The van der Waals surface area contributed by atoms with Crippen LogP contribution in [0.5, 0.6) is 5.75 Å². The second kappa shape index (κ2) is 8.64. The van der Waals surface area contributed by atoms with Crippen LogP contribution in [0.1, 0.15) is 45.6 Å². The van der Waals surface area contributed by atoms with Gasteiger partial charge in [0.05, 0.1) is 5.56 Å². The quantitative estimate of drug-likeness (QED) is 0.712. The average molecular weight is 392 g/mol. The van der Waals surface area contributed by atoms with Crippen molar-refractivity contribution in [1.29, 1.82) is 0 Å². The van der Waals surface area contributed by atoms with E-state index in [0.29, 0.717) is 12.3 Å². The number of anilines is 1. The van der Waals surface area contributed by atoms with E-state index in [-0.39, 0.29) is 17.1 Å². The van der Waals surface area contributed by atoms with Crippen LogP contribution in [-0.2, 0) is 4.79 Å². The van der Waals surface area contributed by atoms with Crippen LogP contribution in [-0.4, -0.2) is 11.0 Å². The maximum absolute atomic E-state index is 12.4. The molecule has 0 bridgehead atoms. The molecule has 1 aliphatic rings. The molecule has 1 atom stereocenters. The van der Waals surface area contributed by atoms with Gasteiger partial charge in [0.25, 0.3) is 0 Å². The largest absolute Gasteiger partial charge is 0.507 e. The molecule has 0 saturated carbocycles. The molecule has 4 heteroatoms. The Bertz CT molecular complexity index is 952. The van der Waals surface area contributed by atoms with Crippen molar-refractivity contribution in [2.75, 3.05) is 5.32 Å². The van der Waals surface area contributed by atoms with Gasteiger partial charge in [0.1, 0.15) is 11.4 Å². The summed E-state index contributed by atoms with van der Waals surface area (Å²) in [5.41, 5.74) is 4.83. The number of H-pyrrole nitrogens is 1. The first-order valence-corrected chi connectivity index (χ1v) is 10.2. The number of phenolic OH excluding ortho intramolecular Hbond substituents is 1. The Morgan fingerprint density at radius 2 is 2.03 bits per heavy atom. The van der Waals surface area contributed by atoms with Gasteiger partial charge in [-0.25, -0.2) is 4.98 Å². The van der Waals surface area contributed by atoms with Crippen LogP contribution in [0, 0.1) is 18.3 Å². The van der Waals surface area contributed by atoms with E-state index >= 15 is 0 Å². The van der Waals surface area contributed by atoms with Gasteiger partial charge < -0.3 is 10.4 Å². The average Bonchev–Trinajstić information content (AvgIpc) is 2.67. The second-order valence-corrected chi connectivity index (χ2v) is 8.81. The van der Waals surface area contributed by atoms with Crippen molar-refractivity contribution < 1.29 is 14.9 Å². The van der Waals surface area contributed by atoms with Crippen molar-refractivity contribution in [3.05, 3.63) is 65.9 Å². The lowest BCUT2D eigenvalue weighted by molar-refractivity contribution is -0.364. The summed E-state index contributed by atoms with van der Waals surface area (Å²) in [4.78, 5) is 15.6. The molecule has 3 N–H and O–H groups in total. The number of hydrogen-bond acceptors (Lipinski definition) is 2. The molecule has 0 aliphatic heterocycles. The molecule has 0 spiro atoms. The molecule has 1 aromatic heterocycles. The number of carbonyl (C=O) groups is 1. The Hall–Kier alpha value is -2.88. The van der Waals surface area contributed by atoms with Gasteiger partial charge in [-0.05, 0) is 54.9 Å². The molecule has 0 unspecified atom stereocenters. The van der Waals surface area contributed by atoms with Crippen LogP contribution in [0.4, 0.5) is 5.69 Å². The third-order valence-electron chi connectivity index (χ3n) is 5.39. The Kier molecular flexibility index (Phi) is 6.21. The van der Waals surface area contributed by atoms with E-state index in [1.165, 1.54) is 5.57 Å². The van der Waals surface area contributed by atoms with Gasteiger partial charge in [-0.1, -0.05) is 51.1 Å². The van der Waals surface area contributed by atoms with Crippen molar-refractivity contribution in [2.45, 2.75) is 47.0 Å². The molecule has 152 valence electrons. The number of benzene rings is 1. The van der Waals surface area contributed by atoms with Gasteiger partial charge in [0.2, 0.25) is 11.6 Å². The van der Waals surface area contributed by atoms with E-state index in [4.69, 9.17) is 0 Å². The zero-order valence-corrected chi connectivity index (χ0v) is 17.8. The number of hydrogen-bond donors (Lipinski definition) is 2. The van der Waals surface area contributed by atoms with E-state index in [0.717, 1.165) is 35.3 Å². The van der Waals surface area contributed by atoms with Gasteiger partial charge in [-0.3, -0.25) is 4.79 Å². The molecule has 29 heavy (non-hydrogen) atoms. The fourth-order valence-corrected chi connectivity index (χ4v) is 3.63. The molecule has 1 amide bonds. The molecule has 3 rings (SSSR count). The molecule has 0 fully saturated rings. The minimum absolute atomic E-state index is 0.0205. The highest BCUT2D eigenvalue weighted by Crippen LogP contribution is 2.32. The third-order valence-corrected chi connectivity index (χ3v) is 5.39. The maximum atomic E-state index is 12.4. The Balaban J connectivity index is 1.55. The number of para-hydroxylation sites is 1. The predicted molar refractivity (Wildman–Crippen MR) is 117 cm³/mol. The molecule has 0 radical (unpaired) electrons. The molecular weight excluding hydrogens is 360 g/mol. The highest BCUT2D eigenvalue weighted by Gasteiger charge is 2.19. The number of nitrogens with one attached hydrogen (secondary N) is 2. The predicted octanol–water partition coefficient (Wildman–Crippen LogP) is 5.45. The molecule has 1 aromatic carbocycles. The Labute approximate surface area is 173 Å². The van der Waals surface area contributed by atoms with Crippen LogP contribution < -0.4 is 10.3 Å². The number of aryl methyl sites for hydroxylation is 1. The minimum Gasteiger partial charge on any atom is -0.507 e. The lowest BCUT2D eigenvalue weighted by Gasteiger charge is -2.25. The number of aromatic amines is 1.